The monoisotopic (exact) mass is 273 g/mol. The van der Waals surface area contributed by atoms with Gasteiger partial charge in [-0.1, -0.05) is 24.3 Å². The van der Waals surface area contributed by atoms with Crippen LogP contribution in [0.15, 0.2) is 24.3 Å². The Morgan fingerprint density at radius 2 is 1.90 bits per heavy atom. The maximum atomic E-state index is 9.02. The lowest BCUT2D eigenvalue weighted by molar-refractivity contribution is 0.267. The van der Waals surface area contributed by atoms with Crippen LogP contribution in [0.25, 0.3) is 0 Å². The summed E-state index contributed by atoms with van der Waals surface area (Å²) in [5.41, 5.74) is 6.03. The SMILES string of the molecule is Cc1ccccc1CNCc1c(C)nn(CCO)c1C. The van der Waals surface area contributed by atoms with Gasteiger partial charge in [-0.05, 0) is 31.9 Å². The number of rotatable bonds is 6. The number of aromatic nitrogens is 2. The summed E-state index contributed by atoms with van der Waals surface area (Å²) in [5, 5.41) is 17.0. The second kappa shape index (κ2) is 6.68. The number of aliphatic hydroxyl groups excluding tert-OH is 1. The number of hydrogen-bond donors (Lipinski definition) is 2. The highest BCUT2D eigenvalue weighted by Gasteiger charge is 2.10. The van der Waals surface area contributed by atoms with E-state index in [1.165, 1.54) is 16.7 Å². The number of nitrogens with zero attached hydrogens (tertiary/aromatic N) is 2. The van der Waals surface area contributed by atoms with Crippen LogP contribution in [0.4, 0.5) is 0 Å². The second-order valence-electron chi connectivity index (χ2n) is 5.13. The summed E-state index contributed by atoms with van der Waals surface area (Å²) < 4.78 is 1.88. The molecule has 0 saturated carbocycles. The van der Waals surface area contributed by atoms with E-state index in [0.717, 1.165) is 24.5 Å². The average Bonchev–Trinajstić information content (AvgIpc) is 2.69. The minimum Gasteiger partial charge on any atom is -0.394 e. The summed E-state index contributed by atoms with van der Waals surface area (Å²) in [6, 6.07) is 8.41. The maximum Gasteiger partial charge on any atom is 0.0644 e. The van der Waals surface area contributed by atoms with Gasteiger partial charge in [0.1, 0.15) is 0 Å². The first kappa shape index (κ1) is 14.8. The molecule has 20 heavy (non-hydrogen) atoms. The van der Waals surface area contributed by atoms with Gasteiger partial charge in [0.05, 0.1) is 18.8 Å². The molecule has 4 nitrogen and oxygen atoms in total. The minimum absolute atomic E-state index is 0.123. The zero-order chi connectivity index (χ0) is 14.5. The predicted molar refractivity (Wildman–Crippen MR) is 80.5 cm³/mol. The van der Waals surface area contributed by atoms with Crippen LogP contribution in [0.2, 0.25) is 0 Å². The molecule has 0 aliphatic carbocycles. The maximum absolute atomic E-state index is 9.02. The molecule has 1 heterocycles. The van der Waals surface area contributed by atoms with E-state index in [4.69, 9.17) is 5.11 Å². The molecule has 4 heteroatoms. The van der Waals surface area contributed by atoms with Crippen molar-refractivity contribution in [2.45, 2.75) is 40.4 Å². The summed E-state index contributed by atoms with van der Waals surface area (Å²) in [4.78, 5) is 0. The topological polar surface area (TPSA) is 50.1 Å². The number of aryl methyl sites for hydroxylation is 2. The number of aliphatic hydroxyl groups is 1. The Kier molecular flexibility index (Phi) is 4.93. The van der Waals surface area contributed by atoms with E-state index in [1.54, 1.807) is 0 Å². The van der Waals surface area contributed by atoms with Crippen LogP contribution in [0, 0.1) is 20.8 Å². The van der Waals surface area contributed by atoms with Crippen LogP contribution in [-0.4, -0.2) is 21.5 Å². The van der Waals surface area contributed by atoms with Crippen molar-refractivity contribution in [3.8, 4) is 0 Å². The van der Waals surface area contributed by atoms with Crippen molar-refractivity contribution in [2.75, 3.05) is 6.61 Å². The van der Waals surface area contributed by atoms with Crippen molar-refractivity contribution in [1.29, 1.82) is 0 Å². The van der Waals surface area contributed by atoms with Gasteiger partial charge in [-0.2, -0.15) is 5.10 Å². The second-order valence-corrected chi connectivity index (χ2v) is 5.13. The van der Waals surface area contributed by atoms with E-state index >= 15 is 0 Å². The highest BCUT2D eigenvalue weighted by Crippen LogP contribution is 2.13. The zero-order valence-electron chi connectivity index (χ0n) is 12.5. The van der Waals surface area contributed by atoms with E-state index in [1.807, 2.05) is 11.6 Å². The predicted octanol–water partition coefficient (Wildman–Crippen LogP) is 2.09. The molecular weight excluding hydrogens is 250 g/mol. The van der Waals surface area contributed by atoms with Gasteiger partial charge in [-0.25, -0.2) is 0 Å². The number of hydrogen-bond acceptors (Lipinski definition) is 3. The standard InChI is InChI=1S/C16H23N3O/c1-12-6-4-5-7-15(12)10-17-11-16-13(2)18-19(8-9-20)14(16)3/h4-7,17,20H,8-11H2,1-3H3. The summed E-state index contributed by atoms with van der Waals surface area (Å²) in [7, 11) is 0. The average molecular weight is 273 g/mol. The van der Waals surface area contributed by atoms with Crippen LogP contribution in [0.5, 0.6) is 0 Å². The lowest BCUT2D eigenvalue weighted by Gasteiger charge is -2.08. The van der Waals surface area contributed by atoms with Crippen molar-refractivity contribution in [2.24, 2.45) is 0 Å². The van der Waals surface area contributed by atoms with Gasteiger partial charge in [0, 0.05) is 24.3 Å². The molecule has 2 rings (SSSR count). The van der Waals surface area contributed by atoms with Gasteiger partial charge in [0.2, 0.25) is 0 Å². The first-order valence-corrected chi connectivity index (χ1v) is 7.02. The minimum atomic E-state index is 0.123. The molecule has 0 fully saturated rings. The Balaban J connectivity index is 1.99. The Bertz CT molecular complexity index is 575. The van der Waals surface area contributed by atoms with Gasteiger partial charge in [0.15, 0.2) is 0 Å². The normalized spacial score (nSPS) is 11.0. The molecule has 0 spiro atoms. The van der Waals surface area contributed by atoms with Gasteiger partial charge in [-0.3, -0.25) is 4.68 Å². The molecule has 0 unspecified atom stereocenters. The third kappa shape index (κ3) is 3.26. The molecule has 0 amide bonds. The van der Waals surface area contributed by atoms with E-state index < -0.39 is 0 Å². The zero-order valence-corrected chi connectivity index (χ0v) is 12.5. The van der Waals surface area contributed by atoms with Crippen molar-refractivity contribution >= 4 is 0 Å². The highest BCUT2D eigenvalue weighted by atomic mass is 16.3. The molecule has 0 bridgehead atoms. The molecule has 0 aliphatic rings. The van der Waals surface area contributed by atoms with E-state index in [0.29, 0.717) is 6.54 Å². The number of benzene rings is 1. The third-order valence-electron chi connectivity index (χ3n) is 3.72. The van der Waals surface area contributed by atoms with Crippen LogP contribution in [-0.2, 0) is 19.6 Å². The molecule has 2 N–H and O–H groups in total. The summed E-state index contributed by atoms with van der Waals surface area (Å²) in [5.74, 6) is 0. The van der Waals surface area contributed by atoms with Crippen LogP contribution in [0.1, 0.15) is 28.1 Å². The molecule has 0 radical (unpaired) electrons. The Hall–Kier alpha value is -1.65. The molecule has 0 saturated heterocycles. The Labute approximate surface area is 120 Å². The highest BCUT2D eigenvalue weighted by molar-refractivity contribution is 5.27. The van der Waals surface area contributed by atoms with E-state index in [9.17, 15) is 0 Å². The molecule has 2 aromatic rings. The van der Waals surface area contributed by atoms with Crippen molar-refractivity contribution in [3.63, 3.8) is 0 Å². The smallest absolute Gasteiger partial charge is 0.0644 e. The summed E-state index contributed by atoms with van der Waals surface area (Å²) in [6.45, 7) is 8.55. The Morgan fingerprint density at radius 3 is 2.60 bits per heavy atom. The van der Waals surface area contributed by atoms with Crippen molar-refractivity contribution in [1.82, 2.24) is 15.1 Å². The fourth-order valence-electron chi connectivity index (χ4n) is 2.43. The molecule has 108 valence electrons. The summed E-state index contributed by atoms with van der Waals surface area (Å²) in [6.07, 6.45) is 0. The summed E-state index contributed by atoms with van der Waals surface area (Å²) >= 11 is 0. The first-order chi connectivity index (χ1) is 9.63. The van der Waals surface area contributed by atoms with Crippen LogP contribution < -0.4 is 5.32 Å². The van der Waals surface area contributed by atoms with Gasteiger partial charge in [-0.15, -0.1) is 0 Å². The van der Waals surface area contributed by atoms with Crippen LogP contribution >= 0.6 is 0 Å². The fourth-order valence-corrected chi connectivity index (χ4v) is 2.43. The fraction of sp³-hybridized carbons (Fsp3) is 0.438. The molecular formula is C16H23N3O. The molecule has 0 atom stereocenters. The van der Waals surface area contributed by atoms with E-state index in [-0.39, 0.29) is 6.61 Å². The lowest BCUT2D eigenvalue weighted by Crippen LogP contribution is -2.15. The molecule has 1 aromatic heterocycles. The van der Waals surface area contributed by atoms with E-state index in [2.05, 4.69) is 48.5 Å². The van der Waals surface area contributed by atoms with Crippen molar-refractivity contribution in [3.05, 3.63) is 52.3 Å². The van der Waals surface area contributed by atoms with Gasteiger partial charge < -0.3 is 10.4 Å². The lowest BCUT2D eigenvalue weighted by atomic mass is 10.1. The van der Waals surface area contributed by atoms with Crippen molar-refractivity contribution < 1.29 is 5.11 Å². The third-order valence-corrected chi connectivity index (χ3v) is 3.72. The first-order valence-electron chi connectivity index (χ1n) is 7.02. The quantitative estimate of drug-likeness (QED) is 0.847. The molecule has 0 aliphatic heterocycles. The van der Waals surface area contributed by atoms with Gasteiger partial charge >= 0.3 is 0 Å². The van der Waals surface area contributed by atoms with Gasteiger partial charge in [0.25, 0.3) is 0 Å². The number of nitrogens with one attached hydrogen (secondary N) is 1. The largest absolute Gasteiger partial charge is 0.394 e. The molecule has 1 aromatic carbocycles. The Morgan fingerprint density at radius 1 is 1.15 bits per heavy atom. The van der Waals surface area contributed by atoms with Crippen LogP contribution in [0.3, 0.4) is 0 Å².